The van der Waals surface area contributed by atoms with Crippen LogP contribution in [-0.4, -0.2) is 61.9 Å². The van der Waals surface area contributed by atoms with Crippen LogP contribution in [0.3, 0.4) is 0 Å². The number of likely N-dealkylation sites (tertiary alicyclic amines) is 1. The molecular weight excluding hydrogens is 417 g/mol. The molecule has 166 valence electrons. The van der Waals surface area contributed by atoms with Crippen LogP contribution in [0.15, 0.2) is 12.1 Å². The Morgan fingerprint density at radius 3 is 2.65 bits per heavy atom. The molecule has 9 nitrogen and oxygen atoms in total. The average molecular weight is 438 g/mol. The van der Waals surface area contributed by atoms with Gasteiger partial charge in [-0.25, -0.2) is 14.3 Å². The van der Waals surface area contributed by atoms with Crippen molar-refractivity contribution in [2.24, 2.45) is 0 Å². The minimum absolute atomic E-state index is 0.0573. The van der Waals surface area contributed by atoms with Crippen molar-refractivity contribution < 1.29 is 27.6 Å². The standard InChI is InChI=1S/C19H21F3N6O3/c1-10(2)11-6-14(19(20,21)22)28-15(24-11)7-12(25-28)13-4-3-5-26(13)17(30)9-27-16(29)8-23-18(27)31/h6-7,10,13H,3-5,8-9H2,1-2H3,(H,23,31). The van der Waals surface area contributed by atoms with Crippen molar-refractivity contribution in [2.75, 3.05) is 19.6 Å². The van der Waals surface area contributed by atoms with Gasteiger partial charge in [0.1, 0.15) is 12.2 Å². The molecule has 0 aliphatic carbocycles. The lowest BCUT2D eigenvalue weighted by Crippen LogP contribution is -2.42. The fourth-order valence-corrected chi connectivity index (χ4v) is 3.89. The molecule has 2 saturated heterocycles. The number of amides is 4. The van der Waals surface area contributed by atoms with Crippen LogP contribution < -0.4 is 5.32 Å². The number of hydrogen-bond donors (Lipinski definition) is 1. The third kappa shape index (κ3) is 3.81. The van der Waals surface area contributed by atoms with E-state index in [-0.39, 0.29) is 18.1 Å². The summed E-state index contributed by atoms with van der Waals surface area (Å²) >= 11 is 0. The maximum atomic E-state index is 13.6. The summed E-state index contributed by atoms with van der Waals surface area (Å²) in [4.78, 5) is 42.9. The summed E-state index contributed by atoms with van der Waals surface area (Å²) < 4.78 is 41.6. The van der Waals surface area contributed by atoms with Gasteiger partial charge in [0.15, 0.2) is 5.65 Å². The number of hydrogen-bond acceptors (Lipinski definition) is 5. The number of rotatable bonds is 4. The third-order valence-corrected chi connectivity index (χ3v) is 5.49. The zero-order chi connectivity index (χ0) is 22.5. The highest BCUT2D eigenvalue weighted by Gasteiger charge is 2.38. The van der Waals surface area contributed by atoms with Crippen LogP contribution >= 0.6 is 0 Å². The molecule has 12 heteroatoms. The molecule has 1 atom stereocenters. The quantitative estimate of drug-likeness (QED) is 0.737. The minimum atomic E-state index is -4.62. The summed E-state index contributed by atoms with van der Waals surface area (Å²) in [6.07, 6.45) is -3.49. The molecule has 0 spiro atoms. The molecule has 4 heterocycles. The molecule has 2 fully saturated rings. The van der Waals surface area contributed by atoms with Crippen LogP contribution in [0.25, 0.3) is 5.65 Å². The van der Waals surface area contributed by atoms with Gasteiger partial charge in [-0.1, -0.05) is 13.8 Å². The van der Waals surface area contributed by atoms with Crippen molar-refractivity contribution in [3.05, 3.63) is 29.2 Å². The van der Waals surface area contributed by atoms with E-state index in [1.165, 1.54) is 11.0 Å². The lowest BCUT2D eigenvalue weighted by Gasteiger charge is -2.25. The van der Waals surface area contributed by atoms with E-state index in [4.69, 9.17) is 0 Å². The van der Waals surface area contributed by atoms with E-state index in [9.17, 15) is 27.6 Å². The van der Waals surface area contributed by atoms with Gasteiger partial charge in [-0.3, -0.25) is 14.5 Å². The van der Waals surface area contributed by atoms with Crippen LogP contribution in [0, 0.1) is 0 Å². The Hall–Kier alpha value is -3.18. The lowest BCUT2D eigenvalue weighted by atomic mass is 10.1. The van der Waals surface area contributed by atoms with E-state index in [0.717, 1.165) is 15.5 Å². The van der Waals surface area contributed by atoms with Gasteiger partial charge in [-0.05, 0) is 24.8 Å². The molecule has 0 radical (unpaired) electrons. The van der Waals surface area contributed by atoms with Gasteiger partial charge in [0.2, 0.25) is 5.91 Å². The topological polar surface area (TPSA) is 99.9 Å². The predicted octanol–water partition coefficient (Wildman–Crippen LogP) is 2.09. The maximum absolute atomic E-state index is 13.6. The Balaban J connectivity index is 1.66. The first kappa shape index (κ1) is 21.1. The Morgan fingerprint density at radius 2 is 2.03 bits per heavy atom. The number of imide groups is 1. The SMILES string of the molecule is CC(C)c1cc(C(F)(F)F)n2nc(C3CCCN3C(=O)CN3C(=O)CNC3=O)cc2n1. The number of halogens is 3. The van der Waals surface area contributed by atoms with E-state index in [2.05, 4.69) is 15.4 Å². The van der Waals surface area contributed by atoms with Crippen molar-refractivity contribution >= 4 is 23.5 Å². The molecule has 31 heavy (non-hydrogen) atoms. The molecule has 0 saturated carbocycles. The molecule has 2 aliphatic heterocycles. The number of carbonyl (C=O) groups is 3. The molecule has 4 amide bonds. The second-order valence-electron chi connectivity index (χ2n) is 7.94. The third-order valence-electron chi connectivity index (χ3n) is 5.49. The minimum Gasteiger partial charge on any atom is -0.332 e. The lowest BCUT2D eigenvalue weighted by molar-refractivity contribution is -0.142. The van der Waals surface area contributed by atoms with Crippen molar-refractivity contribution in [2.45, 2.75) is 44.8 Å². The highest BCUT2D eigenvalue weighted by molar-refractivity contribution is 6.04. The Morgan fingerprint density at radius 1 is 1.29 bits per heavy atom. The molecule has 2 aliphatic rings. The Bertz CT molecular complexity index is 1050. The van der Waals surface area contributed by atoms with Crippen molar-refractivity contribution in [3.8, 4) is 0 Å². The van der Waals surface area contributed by atoms with Gasteiger partial charge in [-0.2, -0.15) is 18.3 Å². The van der Waals surface area contributed by atoms with Crippen molar-refractivity contribution in [1.82, 2.24) is 29.7 Å². The highest BCUT2D eigenvalue weighted by atomic mass is 19.4. The van der Waals surface area contributed by atoms with E-state index in [0.29, 0.717) is 30.8 Å². The first-order chi connectivity index (χ1) is 14.6. The molecule has 1 N–H and O–H groups in total. The highest BCUT2D eigenvalue weighted by Crippen LogP contribution is 2.35. The number of carbonyl (C=O) groups excluding carboxylic acids is 3. The first-order valence-corrected chi connectivity index (χ1v) is 9.91. The van der Waals surface area contributed by atoms with Gasteiger partial charge in [0.25, 0.3) is 5.91 Å². The van der Waals surface area contributed by atoms with Crippen LogP contribution in [0.2, 0.25) is 0 Å². The molecular formula is C19H21F3N6O3. The monoisotopic (exact) mass is 438 g/mol. The molecule has 2 aromatic heterocycles. The average Bonchev–Trinajstić information content (AvgIpc) is 3.40. The van der Waals surface area contributed by atoms with E-state index < -0.39 is 42.3 Å². The zero-order valence-electron chi connectivity index (χ0n) is 16.9. The number of nitrogens with one attached hydrogen (secondary N) is 1. The summed E-state index contributed by atoms with van der Waals surface area (Å²) in [6, 6.07) is 1.26. The molecule has 0 bridgehead atoms. The fraction of sp³-hybridized carbons (Fsp3) is 0.526. The summed E-state index contributed by atoms with van der Waals surface area (Å²) in [5.74, 6) is -1.17. The van der Waals surface area contributed by atoms with Gasteiger partial charge >= 0.3 is 12.2 Å². The number of nitrogens with zero attached hydrogens (tertiary/aromatic N) is 5. The first-order valence-electron chi connectivity index (χ1n) is 9.91. The largest absolute Gasteiger partial charge is 0.433 e. The normalized spacial score (nSPS) is 19.7. The summed E-state index contributed by atoms with van der Waals surface area (Å²) in [5.41, 5.74) is -0.282. The van der Waals surface area contributed by atoms with Crippen LogP contribution in [0.4, 0.5) is 18.0 Å². The zero-order valence-corrected chi connectivity index (χ0v) is 16.9. The molecule has 1 unspecified atom stereocenters. The van der Waals surface area contributed by atoms with Crippen LogP contribution in [0.1, 0.15) is 55.7 Å². The number of urea groups is 1. The van der Waals surface area contributed by atoms with Gasteiger partial charge in [0.05, 0.1) is 18.3 Å². The van der Waals surface area contributed by atoms with Gasteiger partial charge in [-0.15, -0.1) is 0 Å². The van der Waals surface area contributed by atoms with Crippen LogP contribution in [0.5, 0.6) is 0 Å². The van der Waals surface area contributed by atoms with E-state index >= 15 is 0 Å². The van der Waals surface area contributed by atoms with Crippen LogP contribution in [-0.2, 0) is 15.8 Å². The number of aromatic nitrogens is 3. The fourth-order valence-electron chi connectivity index (χ4n) is 3.89. The molecule has 2 aromatic rings. The molecule has 4 rings (SSSR count). The van der Waals surface area contributed by atoms with Gasteiger partial charge in [0, 0.05) is 18.3 Å². The Kier molecular flexibility index (Phi) is 5.10. The molecule has 0 aromatic carbocycles. The predicted molar refractivity (Wildman–Crippen MR) is 101 cm³/mol. The van der Waals surface area contributed by atoms with Crippen molar-refractivity contribution in [3.63, 3.8) is 0 Å². The van der Waals surface area contributed by atoms with Crippen molar-refractivity contribution in [1.29, 1.82) is 0 Å². The number of alkyl halides is 3. The van der Waals surface area contributed by atoms with E-state index in [1.54, 1.807) is 13.8 Å². The Labute approximate surface area is 175 Å². The maximum Gasteiger partial charge on any atom is 0.433 e. The second-order valence-corrected chi connectivity index (χ2v) is 7.94. The van der Waals surface area contributed by atoms with Gasteiger partial charge < -0.3 is 10.2 Å². The number of fused-ring (bicyclic) bond motifs is 1. The smallest absolute Gasteiger partial charge is 0.332 e. The summed E-state index contributed by atoms with van der Waals surface area (Å²) in [5, 5.41) is 6.48. The summed E-state index contributed by atoms with van der Waals surface area (Å²) in [7, 11) is 0. The van der Waals surface area contributed by atoms with E-state index in [1.807, 2.05) is 0 Å². The summed E-state index contributed by atoms with van der Waals surface area (Å²) in [6.45, 7) is 3.29. The second kappa shape index (κ2) is 7.50.